The molecule has 0 atom stereocenters. The standard InChI is InChI=1S/C18H20ClFN2O3S/c1-18(2,3)21-17(23)15-11-14(9-10-16(15)19)26(24,25)22(4)13-7-5-12(20)6-8-13/h5-11H,1-4H3,(H,21,23). The van der Waals surface area contributed by atoms with Gasteiger partial charge in [-0.25, -0.2) is 12.8 Å². The molecule has 1 amide bonds. The molecule has 0 aliphatic carbocycles. The second kappa shape index (κ2) is 7.25. The lowest BCUT2D eigenvalue weighted by molar-refractivity contribution is 0.0919. The van der Waals surface area contributed by atoms with Crippen molar-refractivity contribution in [2.24, 2.45) is 0 Å². The Balaban J connectivity index is 2.42. The van der Waals surface area contributed by atoms with Crippen molar-refractivity contribution in [2.45, 2.75) is 31.2 Å². The Kier molecular flexibility index (Phi) is 5.63. The van der Waals surface area contributed by atoms with Crippen LogP contribution in [0.1, 0.15) is 31.1 Å². The van der Waals surface area contributed by atoms with Gasteiger partial charge < -0.3 is 5.32 Å². The van der Waals surface area contributed by atoms with Gasteiger partial charge in [0.25, 0.3) is 15.9 Å². The van der Waals surface area contributed by atoms with Crippen molar-refractivity contribution in [3.8, 4) is 0 Å². The van der Waals surface area contributed by atoms with Gasteiger partial charge in [-0.15, -0.1) is 0 Å². The number of carbonyl (C=O) groups excluding carboxylic acids is 1. The van der Waals surface area contributed by atoms with Crippen molar-refractivity contribution in [1.82, 2.24) is 5.32 Å². The lowest BCUT2D eigenvalue weighted by Gasteiger charge is -2.22. The Morgan fingerprint density at radius 2 is 1.69 bits per heavy atom. The van der Waals surface area contributed by atoms with Crippen LogP contribution in [0, 0.1) is 5.82 Å². The van der Waals surface area contributed by atoms with Crippen LogP contribution < -0.4 is 9.62 Å². The quantitative estimate of drug-likeness (QED) is 0.851. The Morgan fingerprint density at radius 1 is 1.12 bits per heavy atom. The van der Waals surface area contributed by atoms with Crippen molar-refractivity contribution in [2.75, 3.05) is 11.4 Å². The minimum Gasteiger partial charge on any atom is -0.347 e. The van der Waals surface area contributed by atoms with E-state index in [2.05, 4.69) is 5.32 Å². The van der Waals surface area contributed by atoms with Crippen LogP contribution in [0.25, 0.3) is 0 Å². The fraction of sp³-hybridized carbons (Fsp3) is 0.278. The van der Waals surface area contributed by atoms with Crippen molar-refractivity contribution in [3.05, 3.63) is 58.9 Å². The van der Waals surface area contributed by atoms with Crippen LogP contribution in [0.4, 0.5) is 10.1 Å². The lowest BCUT2D eigenvalue weighted by atomic mass is 10.1. The molecule has 0 aliphatic heterocycles. The highest BCUT2D eigenvalue weighted by Gasteiger charge is 2.25. The van der Waals surface area contributed by atoms with E-state index in [9.17, 15) is 17.6 Å². The number of rotatable bonds is 4. The summed E-state index contributed by atoms with van der Waals surface area (Å²) in [6.07, 6.45) is 0. The average molecular weight is 399 g/mol. The smallest absolute Gasteiger partial charge is 0.264 e. The molecule has 0 radical (unpaired) electrons. The van der Waals surface area contributed by atoms with Gasteiger partial charge in [-0.05, 0) is 63.2 Å². The van der Waals surface area contributed by atoms with E-state index in [1.54, 1.807) is 0 Å². The number of amides is 1. The molecule has 0 heterocycles. The lowest BCUT2D eigenvalue weighted by Crippen LogP contribution is -2.40. The number of nitrogens with zero attached hydrogens (tertiary/aromatic N) is 1. The van der Waals surface area contributed by atoms with Gasteiger partial charge in [0, 0.05) is 12.6 Å². The fourth-order valence-electron chi connectivity index (χ4n) is 2.19. The van der Waals surface area contributed by atoms with Crippen LogP contribution in [0.5, 0.6) is 0 Å². The minimum absolute atomic E-state index is 0.0650. The first-order valence-electron chi connectivity index (χ1n) is 7.78. The summed E-state index contributed by atoms with van der Waals surface area (Å²) in [7, 11) is -2.60. The van der Waals surface area contributed by atoms with Gasteiger partial charge in [0.2, 0.25) is 0 Å². The largest absolute Gasteiger partial charge is 0.347 e. The Morgan fingerprint density at radius 3 is 2.23 bits per heavy atom. The molecule has 1 N–H and O–H groups in total. The second-order valence-electron chi connectivity index (χ2n) is 6.79. The molecule has 0 saturated heterocycles. The van der Waals surface area contributed by atoms with Gasteiger partial charge in [0.1, 0.15) is 5.82 Å². The van der Waals surface area contributed by atoms with Crippen LogP contribution in [0.3, 0.4) is 0 Å². The second-order valence-corrected chi connectivity index (χ2v) is 9.17. The monoisotopic (exact) mass is 398 g/mol. The van der Waals surface area contributed by atoms with Gasteiger partial charge in [-0.1, -0.05) is 11.6 Å². The highest BCUT2D eigenvalue weighted by atomic mass is 35.5. The molecule has 0 spiro atoms. The number of hydrogen-bond acceptors (Lipinski definition) is 3. The molecule has 0 fully saturated rings. The van der Waals surface area contributed by atoms with E-state index >= 15 is 0 Å². The van der Waals surface area contributed by atoms with Gasteiger partial charge in [0.15, 0.2) is 0 Å². The van der Waals surface area contributed by atoms with Crippen molar-refractivity contribution >= 4 is 33.2 Å². The molecule has 5 nitrogen and oxygen atoms in total. The molecule has 2 aromatic carbocycles. The maximum Gasteiger partial charge on any atom is 0.264 e. The van der Waals surface area contributed by atoms with E-state index in [-0.39, 0.29) is 15.5 Å². The molecule has 0 aliphatic rings. The van der Waals surface area contributed by atoms with E-state index in [0.29, 0.717) is 5.69 Å². The van der Waals surface area contributed by atoms with E-state index in [1.165, 1.54) is 49.5 Å². The maximum atomic E-state index is 13.1. The number of halogens is 2. The SMILES string of the molecule is CN(c1ccc(F)cc1)S(=O)(=O)c1ccc(Cl)c(C(=O)NC(C)(C)C)c1. The normalized spacial score (nSPS) is 11.9. The fourth-order valence-corrected chi connectivity index (χ4v) is 3.62. The van der Waals surface area contributed by atoms with Crippen LogP contribution in [0.2, 0.25) is 5.02 Å². The van der Waals surface area contributed by atoms with Crippen molar-refractivity contribution in [1.29, 1.82) is 0 Å². The van der Waals surface area contributed by atoms with Gasteiger partial charge in [-0.2, -0.15) is 0 Å². The summed E-state index contributed by atoms with van der Waals surface area (Å²) in [5.41, 5.74) is -0.141. The third-order valence-corrected chi connectivity index (χ3v) is 5.63. The van der Waals surface area contributed by atoms with Crippen LogP contribution >= 0.6 is 11.6 Å². The Bertz CT molecular complexity index is 922. The first-order chi connectivity index (χ1) is 11.9. The molecule has 0 saturated carbocycles. The zero-order valence-corrected chi connectivity index (χ0v) is 16.5. The predicted molar refractivity (Wildman–Crippen MR) is 101 cm³/mol. The van der Waals surface area contributed by atoms with Crippen LogP contribution in [-0.2, 0) is 10.0 Å². The van der Waals surface area contributed by atoms with Crippen molar-refractivity contribution in [3.63, 3.8) is 0 Å². The molecular formula is C18H20ClFN2O3S. The van der Waals surface area contributed by atoms with Crippen molar-refractivity contribution < 1.29 is 17.6 Å². The van der Waals surface area contributed by atoms with Gasteiger partial charge in [-0.3, -0.25) is 9.10 Å². The maximum absolute atomic E-state index is 13.1. The summed E-state index contributed by atoms with van der Waals surface area (Å²) in [6.45, 7) is 5.42. The third-order valence-electron chi connectivity index (χ3n) is 3.52. The number of hydrogen-bond donors (Lipinski definition) is 1. The summed E-state index contributed by atoms with van der Waals surface area (Å²) in [4.78, 5) is 12.3. The number of nitrogens with one attached hydrogen (secondary N) is 1. The number of benzene rings is 2. The average Bonchev–Trinajstić information content (AvgIpc) is 2.53. The van der Waals surface area contributed by atoms with E-state index < -0.39 is 27.3 Å². The molecule has 0 unspecified atom stereocenters. The van der Waals surface area contributed by atoms with E-state index in [1.807, 2.05) is 20.8 Å². The van der Waals surface area contributed by atoms with Gasteiger partial charge in [0.05, 0.1) is 21.2 Å². The first kappa shape index (κ1) is 20.2. The molecule has 2 aromatic rings. The third kappa shape index (κ3) is 4.53. The van der Waals surface area contributed by atoms with Crippen LogP contribution in [0.15, 0.2) is 47.4 Å². The molecular weight excluding hydrogens is 379 g/mol. The molecule has 140 valence electrons. The number of carbonyl (C=O) groups is 1. The summed E-state index contributed by atoms with van der Waals surface area (Å²) in [6, 6.07) is 8.98. The highest BCUT2D eigenvalue weighted by molar-refractivity contribution is 7.92. The molecule has 0 aromatic heterocycles. The first-order valence-corrected chi connectivity index (χ1v) is 9.60. The molecule has 26 heavy (non-hydrogen) atoms. The highest BCUT2D eigenvalue weighted by Crippen LogP contribution is 2.26. The molecule has 8 heteroatoms. The topological polar surface area (TPSA) is 66.5 Å². The predicted octanol–water partition coefficient (Wildman–Crippen LogP) is 3.83. The number of anilines is 1. The molecule has 0 bridgehead atoms. The number of sulfonamides is 1. The van der Waals surface area contributed by atoms with E-state index in [4.69, 9.17) is 11.6 Å². The Labute approximate surface area is 157 Å². The van der Waals surface area contributed by atoms with Gasteiger partial charge >= 0.3 is 0 Å². The zero-order valence-electron chi connectivity index (χ0n) is 14.9. The Hall–Kier alpha value is -2.12. The molecule has 2 rings (SSSR count). The minimum atomic E-state index is -3.95. The summed E-state index contributed by atoms with van der Waals surface area (Å²) >= 11 is 6.07. The summed E-state index contributed by atoms with van der Waals surface area (Å²) in [5.74, 6) is -0.934. The summed E-state index contributed by atoms with van der Waals surface area (Å²) in [5, 5.41) is 2.90. The van der Waals surface area contributed by atoms with E-state index in [0.717, 1.165) is 4.31 Å². The summed E-state index contributed by atoms with van der Waals surface area (Å²) < 4.78 is 39.8. The van der Waals surface area contributed by atoms with Crippen LogP contribution in [-0.4, -0.2) is 26.9 Å². The zero-order chi connectivity index (χ0) is 19.7.